The van der Waals surface area contributed by atoms with Crippen molar-refractivity contribution in [2.45, 2.75) is 51.9 Å². The second kappa shape index (κ2) is 4.46. The molecule has 2 bridgehead atoms. The summed E-state index contributed by atoms with van der Waals surface area (Å²) >= 11 is 0. The Hall–Kier alpha value is -0.330. The zero-order chi connectivity index (χ0) is 9.97. The number of hydrogen-bond acceptors (Lipinski definition) is 1. The van der Waals surface area contributed by atoms with E-state index >= 15 is 0 Å². The lowest BCUT2D eigenvalue weighted by molar-refractivity contribution is 0.320. The van der Waals surface area contributed by atoms with Gasteiger partial charge in [-0.2, -0.15) is 0 Å². The Kier molecular flexibility index (Phi) is 3.25. The summed E-state index contributed by atoms with van der Waals surface area (Å²) in [5.74, 6) is 2.70. The summed E-state index contributed by atoms with van der Waals surface area (Å²) in [6.07, 6.45) is 10.00. The van der Waals surface area contributed by atoms with E-state index in [9.17, 15) is 0 Å². The van der Waals surface area contributed by atoms with Crippen LogP contribution in [0.3, 0.4) is 0 Å². The molecule has 0 aliphatic heterocycles. The van der Waals surface area contributed by atoms with Crippen molar-refractivity contribution in [2.24, 2.45) is 22.7 Å². The molecular formula is C13H23N. The first-order valence-electron chi connectivity index (χ1n) is 6.31. The lowest BCUT2D eigenvalue weighted by atomic mass is 9.72. The van der Waals surface area contributed by atoms with Gasteiger partial charge < -0.3 is 0 Å². The fourth-order valence-electron chi connectivity index (χ4n) is 3.54. The molecule has 0 spiro atoms. The molecule has 2 aliphatic carbocycles. The Bertz CT molecular complexity index is 219. The standard InChI is InChI=1S/C13H23N/c1-3-11-8-10-6-4-5-7-12(9-10)13(11)14-2/h10-12H,3-9H2,1-2H3. The van der Waals surface area contributed by atoms with Crippen LogP contribution in [0.15, 0.2) is 4.99 Å². The van der Waals surface area contributed by atoms with Gasteiger partial charge >= 0.3 is 0 Å². The Morgan fingerprint density at radius 1 is 1.21 bits per heavy atom. The van der Waals surface area contributed by atoms with E-state index in [-0.39, 0.29) is 0 Å². The largest absolute Gasteiger partial charge is 0.297 e. The molecule has 1 nitrogen and oxygen atoms in total. The number of fused-ring (bicyclic) bond motifs is 2. The normalized spacial score (nSPS) is 41.0. The summed E-state index contributed by atoms with van der Waals surface area (Å²) in [5.41, 5.74) is 1.56. The van der Waals surface area contributed by atoms with E-state index in [0.717, 1.165) is 17.8 Å². The summed E-state index contributed by atoms with van der Waals surface area (Å²) in [5, 5.41) is 0. The van der Waals surface area contributed by atoms with Crippen LogP contribution < -0.4 is 0 Å². The van der Waals surface area contributed by atoms with Gasteiger partial charge in [-0.3, -0.25) is 4.99 Å². The molecule has 0 radical (unpaired) electrons. The molecule has 1 heteroatoms. The van der Waals surface area contributed by atoms with Crippen LogP contribution in [0.2, 0.25) is 0 Å². The molecule has 0 aromatic carbocycles. The van der Waals surface area contributed by atoms with Gasteiger partial charge in [0.25, 0.3) is 0 Å². The summed E-state index contributed by atoms with van der Waals surface area (Å²) in [6.45, 7) is 2.33. The molecule has 3 unspecified atom stereocenters. The predicted molar refractivity (Wildman–Crippen MR) is 61.8 cm³/mol. The van der Waals surface area contributed by atoms with Crippen LogP contribution in [0.1, 0.15) is 51.9 Å². The van der Waals surface area contributed by atoms with E-state index in [4.69, 9.17) is 0 Å². The van der Waals surface area contributed by atoms with Gasteiger partial charge in [-0.05, 0) is 43.4 Å². The van der Waals surface area contributed by atoms with Gasteiger partial charge in [-0.25, -0.2) is 0 Å². The second-order valence-electron chi connectivity index (χ2n) is 5.07. The summed E-state index contributed by atoms with van der Waals surface area (Å²) < 4.78 is 0. The van der Waals surface area contributed by atoms with Crippen LogP contribution in [0.5, 0.6) is 0 Å². The highest BCUT2D eigenvalue weighted by atomic mass is 14.7. The van der Waals surface area contributed by atoms with Crippen molar-refractivity contribution in [3.63, 3.8) is 0 Å². The maximum absolute atomic E-state index is 4.58. The van der Waals surface area contributed by atoms with Crippen molar-refractivity contribution < 1.29 is 0 Å². The topological polar surface area (TPSA) is 12.4 Å². The fraction of sp³-hybridized carbons (Fsp3) is 0.923. The molecule has 0 N–H and O–H groups in total. The van der Waals surface area contributed by atoms with Crippen LogP contribution in [0.4, 0.5) is 0 Å². The van der Waals surface area contributed by atoms with Gasteiger partial charge in [0.2, 0.25) is 0 Å². The Labute approximate surface area is 88.0 Å². The molecule has 0 aromatic rings. The van der Waals surface area contributed by atoms with E-state index in [0.29, 0.717) is 0 Å². The molecule has 2 saturated carbocycles. The zero-order valence-electron chi connectivity index (χ0n) is 9.63. The summed E-state index contributed by atoms with van der Waals surface area (Å²) in [4.78, 5) is 4.58. The molecule has 0 saturated heterocycles. The smallest absolute Gasteiger partial charge is 0.0276 e. The van der Waals surface area contributed by atoms with Crippen LogP contribution in [-0.4, -0.2) is 12.8 Å². The third-order valence-corrected chi connectivity index (χ3v) is 4.24. The van der Waals surface area contributed by atoms with Gasteiger partial charge in [0.1, 0.15) is 0 Å². The van der Waals surface area contributed by atoms with E-state index < -0.39 is 0 Å². The van der Waals surface area contributed by atoms with E-state index in [1.807, 2.05) is 7.05 Å². The average Bonchev–Trinajstić information content (AvgIpc) is 2.40. The SMILES string of the molecule is CCC1CC2CCCCC(C2)C1=NC. The van der Waals surface area contributed by atoms with Crippen LogP contribution in [0, 0.1) is 17.8 Å². The molecule has 3 atom stereocenters. The molecule has 80 valence electrons. The number of rotatable bonds is 1. The Balaban J connectivity index is 2.16. The first kappa shape index (κ1) is 10.2. The van der Waals surface area contributed by atoms with E-state index in [1.165, 1.54) is 44.9 Å². The van der Waals surface area contributed by atoms with Crippen molar-refractivity contribution >= 4 is 5.71 Å². The molecule has 2 fully saturated rings. The number of hydrogen-bond donors (Lipinski definition) is 0. The van der Waals surface area contributed by atoms with Crippen LogP contribution in [0.25, 0.3) is 0 Å². The van der Waals surface area contributed by atoms with Crippen LogP contribution >= 0.6 is 0 Å². The van der Waals surface area contributed by atoms with Crippen molar-refractivity contribution in [2.75, 3.05) is 7.05 Å². The summed E-state index contributed by atoms with van der Waals surface area (Å²) in [7, 11) is 2.00. The van der Waals surface area contributed by atoms with E-state index in [1.54, 1.807) is 5.71 Å². The molecule has 0 heterocycles. The molecule has 0 amide bonds. The van der Waals surface area contributed by atoms with Gasteiger partial charge in [0.05, 0.1) is 0 Å². The first-order chi connectivity index (χ1) is 6.85. The zero-order valence-corrected chi connectivity index (χ0v) is 9.63. The van der Waals surface area contributed by atoms with Gasteiger partial charge in [-0.15, -0.1) is 0 Å². The third-order valence-electron chi connectivity index (χ3n) is 4.24. The predicted octanol–water partition coefficient (Wildman–Crippen LogP) is 3.68. The maximum atomic E-state index is 4.58. The highest BCUT2D eigenvalue weighted by Crippen LogP contribution is 2.40. The van der Waals surface area contributed by atoms with Crippen molar-refractivity contribution in [3.05, 3.63) is 0 Å². The number of aliphatic imine (C=N–C) groups is 1. The molecule has 2 rings (SSSR count). The van der Waals surface area contributed by atoms with Gasteiger partial charge in [0, 0.05) is 12.8 Å². The Morgan fingerprint density at radius 3 is 2.71 bits per heavy atom. The minimum absolute atomic E-state index is 0.821. The van der Waals surface area contributed by atoms with Gasteiger partial charge in [-0.1, -0.05) is 26.2 Å². The highest BCUT2D eigenvalue weighted by Gasteiger charge is 2.34. The minimum atomic E-state index is 0.821. The fourth-order valence-corrected chi connectivity index (χ4v) is 3.54. The van der Waals surface area contributed by atoms with Crippen molar-refractivity contribution in [3.8, 4) is 0 Å². The van der Waals surface area contributed by atoms with E-state index in [2.05, 4.69) is 11.9 Å². The highest BCUT2D eigenvalue weighted by molar-refractivity contribution is 5.89. The van der Waals surface area contributed by atoms with Crippen molar-refractivity contribution in [1.29, 1.82) is 0 Å². The maximum Gasteiger partial charge on any atom is 0.0276 e. The second-order valence-corrected chi connectivity index (χ2v) is 5.07. The summed E-state index contributed by atoms with van der Waals surface area (Å²) in [6, 6.07) is 0. The third kappa shape index (κ3) is 1.87. The average molecular weight is 193 g/mol. The quantitative estimate of drug-likeness (QED) is 0.602. The molecule has 2 aliphatic rings. The molecular weight excluding hydrogens is 170 g/mol. The minimum Gasteiger partial charge on any atom is -0.297 e. The molecule has 0 aromatic heterocycles. The van der Waals surface area contributed by atoms with Crippen molar-refractivity contribution in [1.82, 2.24) is 0 Å². The van der Waals surface area contributed by atoms with Crippen LogP contribution in [-0.2, 0) is 0 Å². The lowest BCUT2D eigenvalue weighted by Gasteiger charge is -2.34. The monoisotopic (exact) mass is 193 g/mol. The van der Waals surface area contributed by atoms with Gasteiger partial charge in [0.15, 0.2) is 0 Å². The molecule has 14 heavy (non-hydrogen) atoms. The lowest BCUT2D eigenvalue weighted by Crippen LogP contribution is -2.31. The number of nitrogens with zero attached hydrogens (tertiary/aromatic N) is 1. The Morgan fingerprint density at radius 2 is 2.00 bits per heavy atom. The first-order valence-corrected chi connectivity index (χ1v) is 6.31.